The highest BCUT2D eigenvalue weighted by Gasteiger charge is 2.23. The fourth-order valence-electron chi connectivity index (χ4n) is 3.96. The number of nitrogens with zero attached hydrogens (tertiary/aromatic N) is 2. The summed E-state index contributed by atoms with van der Waals surface area (Å²) in [4.78, 5) is 20.6. The van der Waals surface area contributed by atoms with E-state index in [4.69, 9.17) is 11.6 Å². The number of rotatable bonds is 6. The predicted octanol–water partition coefficient (Wildman–Crippen LogP) is 5.84. The van der Waals surface area contributed by atoms with Crippen molar-refractivity contribution >= 4 is 39.4 Å². The monoisotopic (exact) mass is 516 g/mol. The van der Waals surface area contributed by atoms with Crippen LogP contribution in [0, 0.1) is 5.82 Å². The Morgan fingerprint density at radius 2 is 1.72 bits per heavy atom. The van der Waals surface area contributed by atoms with Crippen LogP contribution in [0.15, 0.2) is 54.7 Å². The standard InChI is InChI=1S/C24H23BrClFN4O/c25-13-22(32)29-19-8-10-20(11-9-19)30-24-28-14-21(26)23(31-24)17-3-1-2-16(12-17)15-4-6-18(27)7-5-15/h1-7,12,14,19-20H,8-11,13H2,(H,29,32)(H,28,30,31). The summed E-state index contributed by atoms with van der Waals surface area (Å²) in [6, 6.07) is 14.7. The fourth-order valence-corrected chi connectivity index (χ4v) is 4.32. The number of halogens is 3. The Hall–Kier alpha value is -2.51. The van der Waals surface area contributed by atoms with Crippen LogP contribution in [0.25, 0.3) is 22.4 Å². The SMILES string of the molecule is O=C(CBr)NC1CCC(Nc2ncc(Cl)c(-c3cccc(-c4ccc(F)cc4)c3)n2)CC1. The zero-order valence-corrected chi connectivity index (χ0v) is 19.7. The summed E-state index contributed by atoms with van der Waals surface area (Å²) in [6.07, 6.45) is 5.29. The van der Waals surface area contributed by atoms with Gasteiger partial charge in [-0.15, -0.1) is 0 Å². The summed E-state index contributed by atoms with van der Waals surface area (Å²) in [5.74, 6) is 0.290. The molecule has 0 aliphatic heterocycles. The summed E-state index contributed by atoms with van der Waals surface area (Å²) < 4.78 is 13.3. The number of nitrogens with one attached hydrogen (secondary N) is 2. The Morgan fingerprint density at radius 1 is 1.03 bits per heavy atom. The normalized spacial score (nSPS) is 18.2. The summed E-state index contributed by atoms with van der Waals surface area (Å²) in [7, 11) is 0. The van der Waals surface area contributed by atoms with Crippen molar-refractivity contribution in [3.8, 4) is 22.4 Å². The zero-order valence-electron chi connectivity index (χ0n) is 17.3. The first kappa shape index (κ1) is 22.7. The average Bonchev–Trinajstić information content (AvgIpc) is 2.82. The molecule has 3 aromatic rings. The minimum Gasteiger partial charge on any atom is -0.353 e. The molecule has 0 unspecified atom stereocenters. The number of aromatic nitrogens is 2. The Labute approximate surface area is 199 Å². The van der Waals surface area contributed by atoms with E-state index < -0.39 is 0 Å². The molecule has 2 aromatic carbocycles. The maximum absolute atomic E-state index is 13.3. The highest BCUT2D eigenvalue weighted by molar-refractivity contribution is 9.09. The van der Waals surface area contributed by atoms with Gasteiger partial charge in [-0.3, -0.25) is 4.79 Å². The molecule has 1 amide bonds. The summed E-state index contributed by atoms with van der Waals surface area (Å²) in [5.41, 5.74) is 3.38. The third-order valence-corrected chi connectivity index (χ3v) is 6.39. The summed E-state index contributed by atoms with van der Waals surface area (Å²) in [5, 5.41) is 7.24. The molecule has 0 radical (unpaired) electrons. The summed E-state index contributed by atoms with van der Waals surface area (Å²) >= 11 is 9.61. The van der Waals surface area contributed by atoms with Crippen LogP contribution in [0.3, 0.4) is 0 Å². The van der Waals surface area contributed by atoms with E-state index in [2.05, 4.69) is 36.5 Å². The Bertz CT molecular complexity index is 1090. The maximum atomic E-state index is 13.3. The summed E-state index contributed by atoms with van der Waals surface area (Å²) in [6.45, 7) is 0. The highest BCUT2D eigenvalue weighted by atomic mass is 79.9. The van der Waals surface area contributed by atoms with Crippen molar-refractivity contribution in [3.05, 3.63) is 65.6 Å². The van der Waals surface area contributed by atoms with Gasteiger partial charge < -0.3 is 10.6 Å². The molecular weight excluding hydrogens is 495 g/mol. The first-order chi connectivity index (χ1) is 15.5. The van der Waals surface area contributed by atoms with E-state index in [1.54, 1.807) is 18.3 Å². The van der Waals surface area contributed by atoms with Gasteiger partial charge in [0.25, 0.3) is 0 Å². The van der Waals surface area contributed by atoms with E-state index in [1.165, 1.54) is 12.1 Å². The number of anilines is 1. The maximum Gasteiger partial charge on any atom is 0.230 e. The molecule has 5 nitrogen and oxygen atoms in total. The molecule has 1 saturated carbocycles. The molecule has 1 heterocycles. The van der Waals surface area contributed by atoms with Crippen molar-refractivity contribution < 1.29 is 9.18 Å². The van der Waals surface area contributed by atoms with Crippen molar-refractivity contribution in [1.82, 2.24) is 15.3 Å². The third-order valence-electron chi connectivity index (χ3n) is 5.60. The molecule has 1 aromatic heterocycles. The number of benzene rings is 2. The van der Waals surface area contributed by atoms with Crippen molar-refractivity contribution in [3.63, 3.8) is 0 Å². The lowest BCUT2D eigenvalue weighted by atomic mass is 9.91. The van der Waals surface area contributed by atoms with Gasteiger partial charge in [0.05, 0.1) is 22.2 Å². The first-order valence-corrected chi connectivity index (χ1v) is 12.0. The van der Waals surface area contributed by atoms with E-state index in [0.717, 1.165) is 42.4 Å². The van der Waals surface area contributed by atoms with Gasteiger partial charge in [-0.05, 0) is 55.0 Å². The van der Waals surface area contributed by atoms with E-state index in [0.29, 0.717) is 22.0 Å². The number of hydrogen-bond acceptors (Lipinski definition) is 4. The van der Waals surface area contributed by atoms with Crippen molar-refractivity contribution in [1.29, 1.82) is 0 Å². The number of hydrogen-bond donors (Lipinski definition) is 2. The second-order valence-electron chi connectivity index (χ2n) is 7.87. The van der Waals surface area contributed by atoms with Crippen LogP contribution in [0.4, 0.5) is 10.3 Å². The number of alkyl halides is 1. The van der Waals surface area contributed by atoms with Crippen LogP contribution in [0.2, 0.25) is 5.02 Å². The minimum absolute atomic E-state index is 0.0231. The van der Waals surface area contributed by atoms with Gasteiger partial charge in [-0.2, -0.15) is 0 Å². The predicted molar refractivity (Wildman–Crippen MR) is 129 cm³/mol. The molecule has 32 heavy (non-hydrogen) atoms. The van der Waals surface area contributed by atoms with E-state index >= 15 is 0 Å². The van der Waals surface area contributed by atoms with E-state index in [9.17, 15) is 9.18 Å². The van der Waals surface area contributed by atoms with Crippen LogP contribution in [-0.4, -0.2) is 33.3 Å². The van der Waals surface area contributed by atoms with Gasteiger partial charge in [0, 0.05) is 17.6 Å². The molecular formula is C24H23BrClFN4O. The van der Waals surface area contributed by atoms with Gasteiger partial charge >= 0.3 is 0 Å². The average molecular weight is 518 g/mol. The van der Waals surface area contributed by atoms with Gasteiger partial charge in [0.15, 0.2) is 0 Å². The third kappa shape index (κ3) is 5.64. The lowest BCUT2D eigenvalue weighted by molar-refractivity contribution is -0.119. The highest BCUT2D eigenvalue weighted by Crippen LogP contribution is 2.31. The molecule has 1 aliphatic rings. The van der Waals surface area contributed by atoms with Crippen LogP contribution in [-0.2, 0) is 4.79 Å². The van der Waals surface area contributed by atoms with Crippen LogP contribution < -0.4 is 10.6 Å². The molecule has 2 N–H and O–H groups in total. The quantitative estimate of drug-likeness (QED) is 0.403. The fraction of sp³-hybridized carbons (Fsp3) is 0.292. The second kappa shape index (κ2) is 10.4. The minimum atomic E-state index is -0.265. The molecule has 1 fully saturated rings. The number of carbonyl (C=O) groups excluding carboxylic acids is 1. The van der Waals surface area contributed by atoms with Crippen LogP contribution in [0.1, 0.15) is 25.7 Å². The van der Waals surface area contributed by atoms with Gasteiger partial charge in [0.1, 0.15) is 5.82 Å². The molecule has 8 heteroatoms. The first-order valence-electron chi connectivity index (χ1n) is 10.5. The smallest absolute Gasteiger partial charge is 0.230 e. The zero-order chi connectivity index (χ0) is 22.5. The molecule has 1 aliphatic carbocycles. The van der Waals surface area contributed by atoms with Crippen molar-refractivity contribution in [2.75, 3.05) is 10.6 Å². The molecule has 0 bridgehead atoms. The number of carbonyl (C=O) groups is 1. The lowest BCUT2D eigenvalue weighted by Gasteiger charge is -2.29. The van der Waals surface area contributed by atoms with E-state index in [-0.39, 0.29) is 23.8 Å². The van der Waals surface area contributed by atoms with Crippen molar-refractivity contribution in [2.45, 2.75) is 37.8 Å². The molecule has 0 spiro atoms. The van der Waals surface area contributed by atoms with Gasteiger partial charge in [-0.25, -0.2) is 14.4 Å². The van der Waals surface area contributed by atoms with E-state index in [1.807, 2.05) is 24.3 Å². The Kier molecular flexibility index (Phi) is 7.37. The number of amides is 1. The molecule has 0 atom stereocenters. The van der Waals surface area contributed by atoms with Crippen molar-refractivity contribution in [2.24, 2.45) is 0 Å². The lowest BCUT2D eigenvalue weighted by Crippen LogP contribution is -2.40. The molecule has 0 saturated heterocycles. The van der Waals surface area contributed by atoms with Gasteiger partial charge in [0.2, 0.25) is 11.9 Å². The van der Waals surface area contributed by atoms with Crippen LogP contribution in [0.5, 0.6) is 0 Å². The topological polar surface area (TPSA) is 66.9 Å². The second-order valence-corrected chi connectivity index (χ2v) is 8.84. The van der Waals surface area contributed by atoms with Gasteiger partial charge in [-0.1, -0.05) is 57.9 Å². The van der Waals surface area contributed by atoms with Crippen LogP contribution >= 0.6 is 27.5 Å². The Morgan fingerprint density at radius 3 is 2.44 bits per heavy atom. The molecule has 4 rings (SSSR count). The Balaban J connectivity index is 1.47. The molecule has 166 valence electrons. The largest absolute Gasteiger partial charge is 0.353 e.